The van der Waals surface area contributed by atoms with E-state index in [1.807, 2.05) is 0 Å². The molecule has 0 aromatic carbocycles. The summed E-state index contributed by atoms with van der Waals surface area (Å²) < 4.78 is 24.6. The zero-order valence-corrected chi connectivity index (χ0v) is 12.0. The summed E-state index contributed by atoms with van der Waals surface area (Å²) in [7, 11) is 0. The van der Waals surface area contributed by atoms with Crippen LogP contribution >= 0.6 is 0 Å². The average Bonchev–Trinajstić information content (AvgIpc) is 2.49. The molecule has 3 rings (SSSR count). The van der Waals surface area contributed by atoms with Crippen LogP contribution in [0.1, 0.15) is 37.8 Å². The van der Waals surface area contributed by atoms with Crippen LogP contribution in [0.5, 0.6) is 0 Å². The average molecular weight is 293 g/mol. The highest BCUT2D eigenvalue weighted by molar-refractivity contribution is 5.53. The molecular weight excluding hydrogens is 273 g/mol. The van der Waals surface area contributed by atoms with E-state index in [1.165, 1.54) is 12.3 Å². The zero-order chi connectivity index (χ0) is 14.8. The third kappa shape index (κ3) is 2.85. The van der Waals surface area contributed by atoms with Gasteiger partial charge in [0.2, 0.25) is 0 Å². The van der Waals surface area contributed by atoms with Crippen molar-refractivity contribution in [2.75, 3.05) is 19.8 Å². The van der Waals surface area contributed by atoms with E-state index in [4.69, 9.17) is 9.47 Å². The molecule has 4 nitrogen and oxygen atoms in total. The number of carbonyl (C=O) groups excluding carboxylic acids is 1. The quantitative estimate of drug-likeness (QED) is 0.803. The number of pyridine rings is 1. The first-order chi connectivity index (χ1) is 10.2. The largest absolute Gasteiger partial charge is 0.381 e. The Morgan fingerprint density at radius 1 is 1.24 bits per heavy atom. The van der Waals surface area contributed by atoms with Crippen molar-refractivity contribution in [2.45, 2.75) is 43.1 Å². The molecule has 0 bridgehead atoms. The maximum atomic E-state index is 13.1. The Bertz CT molecular complexity index is 493. The normalized spacial score (nSPS) is 28.4. The Morgan fingerprint density at radius 2 is 2.05 bits per heavy atom. The van der Waals surface area contributed by atoms with Gasteiger partial charge in [-0.2, -0.15) is 0 Å². The molecule has 1 unspecified atom stereocenters. The molecule has 1 atom stereocenters. The number of aldehydes is 1. The van der Waals surface area contributed by atoms with Crippen LogP contribution in [0.25, 0.3) is 0 Å². The van der Waals surface area contributed by atoms with Gasteiger partial charge >= 0.3 is 0 Å². The van der Waals surface area contributed by atoms with Gasteiger partial charge in [0.1, 0.15) is 12.1 Å². The molecule has 0 aliphatic carbocycles. The van der Waals surface area contributed by atoms with Gasteiger partial charge in [-0.3, -0.25) is 4.98 Å². The second-order valence-corrected chi connectivity index (χ2v) is 6.08. The smallest absolute Gasteiger partial charge is 0.141 e. The third-order valence-corrected chi connectivity index (χ3v) is 4.80. The number of nitrogens with zero attached hydrogens (tertiary/aromatic N) is 1. The van der Waals surface area contributed by atoms with Crippen LogP contribution in [0.2, 0.25) is 0 Å². The topological polar surface area (TPSA) is 48.4 Å². The Balaban J connectivity index is 1.92. The number of ether oxygens (including phenoxy) is 2. The molecule has 0 saturated carbocycles. The number of carbonyl (C=O) groups is 1. The standard InChI is InChI=1S/C16H20FNO3/c17-13-1-2-14(18-11-13)15(3-7-19)4-10-21-16(12-15)5-8-20-9-6-16/h1-2,7,11H,3-6,8-10,12H2. The van der Waals surface area contributed by atoms with E-state index < -0.39 is 0 Å². The summed E-state index contributed by atoms with van der Waals surface area (Å²) >= 11 is 0. The van der Waals surface area contributed by atoms with Crippen molar-refractivity contribution >= 4 is 6.29 Å². The highest BCUT2D eigenvalue weighted by Gasteiger charge is 2.47. The highest BCUT2D eigenvalue weighted by atomic mass is 19.1. The number of rotatable bonds is 3. The predicted octanol–water partition coefficient (Wildman–Crippen LogP) is 2.41. The van der Waals surface area contributed by atoms with Crippen LogP contribution in [-0.2, 0) is 19.7 Å². The van der Waals surface area contributed by atoms with Gasteiger partial charge in [-0.05, 0) is 37.8 Å². The lowest BCUT2D eigenvalue weighted by molar-refractivity contribution is -0.155. The molecule has 2 saturated heterocycles. The van der Waals surface area contributed by atoms with E-state index in [2.05, 4.69) is 4.98 Å². The fraction of sp³-hybridized carbons (Fsp3) is 0.625. The van der Waals surface area contributed by atoms with E-state index >= 15 is 0 Å². The van der Waals surface area contributed by atoms with Crippen molar-refractivity contribution < 1.29 is 18.7 Å². The molecule has 2 fully saturated rings. The Labute approximate surface area is 123 Å². The van der Waals surface area contributed by atoms with Crippen molar-refractivity contribution in [1.82, 2.24) is 4.98 Å². The van der Waals surface area contributed by atoms with Gasteiger partial charge < -0.3 is 14.3 Å². The lowest BCUT2D eigenvalue weighted by atomic mass is 9.67. The second-order valence-electron chi connectivity index (χ2n) is 6.08. The Kier molecular flexibility index (Phi) is 4.04. The molecule has 1 aromatic heterocycles. The summed E-state index contributed by atoms with van der Waals surface area (Å²) in [4.78, 5) is 15.5. The summed E-state index contributed by atoms with van der Waals surface area (Å²) in [6.45, 7) is 1.98. The highest BCUT2D eigenvalue weighted by Crippen LogP contribution is 2.46. The van der Waals surface area contributed by atoms with E-state index in [9.17, 15) is 9.18 Å². The molecule has 0 radical (unpaired) electrons. The van der Waals surface area contributed by atoms with Gasteiger partial charge in [0, 0.05) is 37.4 Å². The molecule has 114 valence electrons. The first kappa shape index (κ1) is 14.6. The number of hydrogen-bond acceptors (Lipinski definition) is 4. The Hall–Kier alpha value is -1.33. The maximum Gasteiger partial charge on any atom is 0.141 e. The molecule has 1 spiro atoms. The fourth-order valence-corrected chi connectivity index (χ4v) is 3.63. The van der Waals surface area contributed by atoms with Gasteiger partial charge in [-0.1, -0.05) is 0 Å². The van der Waals surface area contributed by atoms with Crippen molar-refractivity contribution in [1.29, 1.82) is 0 Å². The molecule has 0 amide bonds. The zero-order valence-electron chi connectivity index (χ0n) is 12.0. The van der Waals surface area contributed by atoms with E-state index in [1.54, 1.807) is 6.07 Å². The molecule has 2 aliphatic heterocycles. The van der Waals surface area contributed by atoms with Crippen molar-refractivity contribution in [3.8, 4) is 0 Å². The van der Waals surface area contributed by atoms with Gasteiger partial charge in [0.05, 0.1) is 11.8 Å². The second kappa shape index (κ2) is 5.81. The monoisotopic (exact) mass is 293 g/mol. The molecule has 1 aromatic rings. The lowest BCUT2D eigenvalue weighted by Gasteiger charge is -2.48. The van der Waals surface area contributed by atoms with Crippen LogP contribution in [0.4, 0.5) is 4.39 Å². The first-order valence-electron chi connectivity index (χ1n) is 7.46. The van der Waals surface area contributed by atoms with Gasteiger partial charge in [0.15, 0.2) is 0 Å². The third-order valence-electron chi connectivity index (χ3n) is 4.80. The van der Waals surface area contributed by atoms with Crippen molar-refractivity contribution in [2.24, 2.45) is 0 Å². The van der Waals surface area contributed by atoms with Crippen molar-refractivity contribution in [3.05, 3.63) is 29.8 Å². The lowest BCUT2D eigenvalue weighted by Crippen LogP contribution is -2.50. The molecule has 2 aliphatic rings. The summed E-state index contributed by atoms with van der Waals surface area (Å²) in [5.74, 6) is -0.354. The minimum absolute atomic E-state index is 0.227. The van der Waals surface area contributed by atoms with E-state index in [-0.39, 0.29) is 16.8 Å². The van der Waals surface area contributed by atoms with Crippen molar-refractivity contribution in [3.63, 3.8) is 0 Å². The van der Waals surface area contributed by atoms with Gasteiger partial charge in [0.25, 0.3) is 0 Å². The van der Waals surface area contributed by atoms with Crippen LogP contribution in [0.15, 0.2) is 18.3 Å². The fourth-order valence-electron chi connectivity index (χ4n) is 3.63. The number of aromatic nitrogens is 1. The summed E-state index contributed by atoms with van der Waals surface area (Å²) in [5.41, 5.74) is 0.228. The van der Waals surface area contributed by atoms with E-state index in [0.29, 0.717) is 26.2 Å². The minimum atomic E-state index is -0.354. The van der Waals surface area contributed by atoms with E-state index in [0.717, 1.165) is 37.7 Å². The van der Waals surface area contributed by atoms with Crippen LogP contribution < -0.4 is 0 Å². The van der Waals surface area contributed by atoms with Crippen LogP contribution in [0, 0.1) is 5.82 Å². The molecule has 21 heavy (non-hydrogen) atoms. The maximum absolute atomic E-state index is 13.1. The predicted molar refractivity (Wildman–Crippen MR) is 74.5 cm³/mol. The number of hydrogen-bond donors (Lipinski definition) is 0. The minimum Gasteiger partial charge on any atom is -0.381 e. The molecule has 0 N–H and O–H groups in total. The SMILES string of the molecule is O=CCC1(c2ccc(F)cn2)CCOC2(CCOCC2)C1. The summed E-state index contributed by atoms with van der Waals surface area (Å²) in [5, 5.41) is 0. The Morgan fingerprint density at radius 3 is 2.71 bits per heavy atom. The molecule has 5 heteroatoms. The number of halogens is 1. The summed E-state index contributed by atoms with van der Waals surface area (Å²) in [6.07, 6.45) is 5.76. The molecular formula is C16H20FNO3. The van der Waals surface area contributed by atoms with Gasteiger partial charge in [-0.25, -0.2) is 4.39 Å². The van der Waals surface area contributed by atoms with Gasteiger partial charge in [-0.15, -0.1) is 0 Å². The van der Waals surface area contributed by atoms with Crippen LogP contribution in [0.3, 0.4) is 0 Å². The summed E-state index contributed by atoms with van der Waals surface area (Å²) in [6, 6.07) is 3.12. The van der Waals surface area contributed by atoms with Crippen LogP contribution in [-0.4, -0.2) is 36.7 Å². The first-order valence-corrected chi connectivity index (χ1v) is 7.46. The molecule has 3 heterocycles.